The highest BCUT2D eigenvalue weighted by atomic mass is 19.1. The molecule has 1 heterocycles. The Kier molecular flexibility index (Phi) is 7.11. The average molecular weight is 283 g/mol. The predicted octanol–water partition coefficient (Wildman–Crippen LogP) is 1.26. The number of carbonyl (C=O) groups excluding carboxylic acids is 1. The third-order valence-corrected chi connectivity index (χ3v) is 2.86. The second-order valence-electron chi connectivity index (χ2n) is 4.81. The van der Waals surface area contributed by atoms with E-state index in [1.165, 1.54) is 12.3 Å². The van der Waals surface area contributed by atoms with Crippen molar-refractivity contribution in [1.29, 1.82) is 0 Å². The summed E-state index contributed by atoms with van der Waals surface area (Å²) in [6.07, 6.45) is 2.16. The normalized spacial score (nSPS) is 10.8. The Balaban J connectivity index is 2.68. The zero-order valence-corrected chi connectivity index (χ0v) is 12.3. The Hall–Kier alpha value is -1.53. The summed E-state index contributed by atoms with van der Waals surface area (Å²) in [4.78, 5) is 19.5. The van der Waals surface area contributed by atoms with Gasteiger partial charge in [0.05, 0.1) is 6.61 Å². The van der Waals surface area contributed by atoms with Crippen molar-refractivity contribution in [3.63, 3.8) is 0 Å². The molecule has 112 valence electrons. The fraction of sp³-hybridized carbons (Fsp3) is 0.571. The summed E-state index contributed by atoms with van der Waals surface area (Å²) in [5.41, 5.74) is 0.318. The number of carbonyl (C=O) groups is 1. The molecule has 0 N–H and O–H groups in total. The van der Waals surface area contributed by atoms with Gasteiger partial charge in [-0.25, -0.2) is 4.98 Å². The quantitative estimate of drug-likeness (QED) is 0.674. The highest BCUT2D eigenvalue weighted by molar-refractivity contribution is 5.94. The first-order chi connectivity index (χ1) is 9.54. The summed E-state index contributed by atoms with van der Waals surface area (Å²) in [6, 6.07) is 2.69. The van der Waals surface area contributed by atoms with E-state index in [1.807, 2.05) is 14.1 Å². The van der Waals surface area contributed by atoms with Crippen molar-refractivity contribution in [2.45, 2.75) is 6.42 Å². The van der Waals surface area contributed by atoms with Crippen LogP contribution < -0.4 is 0 Å². The Morgan fingerprint density at radius 1 is 1.35 bits per heavy atom. The van der Waals surface area contributed by atoms with Crippen LogP contribution in [0.5, 0.6) is 0 Å². The lowest BCUT2D eigenvalue weighted by molar-refractivity contribution is 0.0688. The van der Waals surface area contributed by atoms with Crippen LogP contribution in [-0.4, -0.2) is 68.1 Å². The van der Waals surface area contributed by atoms with Crippen LogP contribution in [0.25, 0.3) is 0 Å². The first kappa shape index (κ1) is 16.5. The number of pyridine rings is 1. The fourth-order valence-corrected chi connectivity index (χ4v) is 1.81. The van der Waals surface area contributed by atoms with E-state index in [0.717, 1.165) is 19.0 Å². The van der Waals surface area contributed by atoms with Gasteiger partial charge in [0, 0.05) is 38.0 Å². The molecule has 0 saturated heterocycles. The van der Waals surface area contributed by atoms with Crippen LogP contribution in [0.2, 0.25) is 0 Å². The van der Waals surface area contributed by atoms with Crippen LogP contribution in [0.15, 0.2) is 18.3 Å². The van der Waals surface area contributed by atoms with Gasteiger partial charge in [0.15, 0.2) is 0 Å². The van der Waals surface area contributed by atoms with E-state index < -0.39 is 5.95 Å². The number of hydrogen-bond donors (Lipinski definition) is 0. The Labute approximate surface area is 119 Å². The van der Waals surface area contributed by atoms with Crippen molar-refractivity contribution in [1.82, 2.24) is 14.8 Å². The number of amides is 1. The second kappa shape index (κ2) is 8.60. The van der Waals surface area contributed by atoms with E-state index in [2.05, 4.69) is 9.88 Å². The van der Waals surface area contributed by atoms with Gasteiger partial charge in [0.2, 0.25) is 5.95 Å². The third-order valence-electron chi connectivity index (χ3n) is 2.86. The summed E-state index contributed by atoms with van der Waals surface area (Å²) in [5.74, 6) is -0.835. The van der Waals surface area contributed by atoms with Crippen molar-refractivity contribution >= 4 is 5.91 Å². The third kappa shape index (κ3) is 5.63. The van der Waals surface area contributed by atoms with Gasteiger partial charge in [-0.2, -0.15) is 4.39 Å². The number of ether oxygens (including phenoxy) is 1. The largest absolute Gasteiger partial charge is 0.383 e. The molecule has 0 aliphatic rings. The Bertz CT molecular complexity index is 427. The summed E-state index contributed by atoms with van der Waals surface area (Å²) in [5, 5.41) is 0. The van der Waals surface area contributed by atoms with Crippen molar-refractivity contribution in [3.8, 4) is 0 Å². The van der Waals surface area contributed by atoms with Crippen molar-refractivity contribution in [3.05, 3.63) is 29.8 Å². The molecular formula is C14H22FN3O2. The van der Waals surface area contributed by atoms with Crippen LogP contribution in [0.4, 0.5) is 4.39 Å². The molecule has 1 rings (SSSR count). The molecule has 0 bridgehead atoms. The highest BCUT2D eigenvalue weighted by Crippen LogP contribution is 2.06. The molecule has 0 aromatic carbocycles. The molecule has 0 aliphatic carbocycles. The van der Waals surface area contributed by atoms with Gasteiger partial charge in [-0.3, -0.25) is 4.79 Å². The van der Waals surface area contributed by atoms with E-state index in [1.54, 1.807) is 12.0 Å². The average Bonchev–Trinajstić information content (AvgIpc) is 2.41. The van der Waals surface area contributed by atoms with Crippen molar-refractivity contribution in [2.75, 3.05) is 47.4 Å². The summed E-state index contributed by atoms with van der Waals surface area (Å²) >= 11 is 0. The van der Waals surface area contributed by atoms with Crippen LogP contribution in [-0.2, 0) is 4.74 Å². The summed E-state index contributed by atoms with van der Waals surface area (Å²) in [7, 11) is 5.56. The second-order valence-corrected chi connectivity index (χ2v) is 4.81. The molecule has 0 aliphatic heterocycles. The lowest BCUT2D eigenvalue weighted by Crippen LogP contribution is -2.36. The molecule has 1 aromatic heterocycles. The first-order valence-corrected chi connectivity index (χ1v) is 6.59. The maximum absolute atomic E-state index is 13.1. The topological polar surface area (TPSA) is 45.7 Å². The maximum Gasteiger partial charge on any atom is 0.254 e. The van der Waals surface area contributed by atoms with Gasteiger partial charge in [-0.05, 0) is 33.1 Å². The molecule has 6 heteroatoms. The summed E-state index contributed by atoms with van der Waals surface area (Å²) in [6.45, 7) is 2.46. The van der Waals surface area contributed by atoms with Crippen LogP contribution >= 0.6 is 0 Å². The Morgan fingerprint density at radius 2 is 2.10 bits per heavy atom. The fourth-order valence-electron chi connectivity index (χ4n) is 1.81. The number of nitrogens with zero attached hydrogens (tertiary/aromatic N) is 3. The lowest BCUT2D eigenvalue weighted by Gasteiger charge is -2.23. The molecule has 0 fully saturated rings. The molecule has 0 spiro atoms. The lowest BCUT2D eigenvalue weighted by atomic mass is 10.2. The molecule has 1 amide bonds. The number of halogens is 1. The number of methoxy groups -OCH3 is 1. The zero-order valence-electron chi connectivity index (χ0n) is 12.3. The van der Waals surface area contributed by atoms with Gasteiger partial charge in [0.1, 0.15) is 0 Å². The Morgan fingerprint density at radius 3 is 2.70 bits per heavy atom. The zero-order chi connectivity index (χ0) is 15.0. The summed E-state index contributed by atoms with van der Waals surface area (Å²) < 4.78 is 18.1. The predicted molar refractivity (Wildman–Crippen MR) is 75.1 cm³/mol. The monoisotopic (exact) mass is 283 g/mol. The molecule has 0 atom stereocenters. The highest BCUT2D eigenvalue weighted by Gasteiger charge is 2.16. The van der Waals surface area contributed by atoms with E-state index >= 15 is 0 Å². The minimum atomic E-state index is -0.643. The molecule has 0 unspecified atom stereocenters. The van der Waals surface area contributed by atoms with E-state index in [4.69, 9.17) is 4.74 Å². The smallest absolute Gasteiger partial charge is 0.254 e. The van der Waals surface area contributed by atoms with Crippen LogP contribution in [0.1, 0.15) is 16.8 Å². The molecule has 0 saturated carbocycles. The van der Waals surface area contributed by atoms with Gasteiger partial charge in [-0.15, -0.1) is 0 Å². The number of hydrogen-bond acceptors (Lipinski definition) is 4. The molecule has 0 radical (unpaired) electrons. The molecule has 1 aromatic rings. The van der Waals surface area contributed by atoms with Crippen LogP contribution in [0.3, 0.4) is 0 Å². The maximum atomic E-state index is 13.1. The van der Waals surface area contributed by atoms with Gasteiger partial charge < -0.3 is 14.5 Å². The van der Waals surface area contributed by atoms with Crippen molar-refractivity contribution < 1.29 is 13.9 Å². The van der Waals surface area contributed by atoms with Gasteiger partial charge >= 0.3 is 0 Å². The van der Waals surface area contributed by atoms with E-state index in [9.17, 15) is 9.18 Å². The molecule has 20 heavy (non-hydrogen) atoms. The minimum Gasteiger partial charge on any atom is -0.383 e. The van der Waals surface area contributed by atoms with E-state index in [0.29, 0.717) is 25.3 Å². The number of rotatable bonds is 8. The standard InChI is InChI=1S/C14H22FN3O2/c1-17(2)7-4-8-18(9-10-20-3)14(19)12-5-6-16-13(15)11-12/h5-6,11H,4,7-10H2,1-3H3. The number of aromatic nitrogens is 1. The molecule has 5 nitrogen and oxygen atoms in total. The SMILES string of the molecule is COCCN(CCCN(C)C)C(=O)c1ccnc(F)c1. The van der Waals surface area contributed by atoms with Crippen LogP contribution in [0, 0.1) is 5.95 Å². The van der Waals surface area contributed by atoms with Gasteiger partial charge in [-0.1, -0.05) is 0 Å². The first-order valence-electron chi connectivity index (χ1n) is 6.59. The molecular weight excluding hydrogens is 261 g/mol. The van der Waals surface area contributed by atoms with Crippen molar-refractivity contribution in [2.24, 2.45) is 0 Å². The minimum absolute atomic E-state index is 0.192. The van der Waals surface area contributed by atoms with E-state index in [-0.39, 0.29) is 5.91 Å². The van der Waals surface area contributed by atoms with Gasteiger partial charge in [0.25, 0.3) is 5.91 Å².